The summed E-state index contributed by atoms with van der Waals surface area (Å²) in [4.78, 5) is 34.2. The first-order valence-corrected chi connectivity index (χ1v) is 12.6. The number of rotatable bonds is 4. The van der Waals surface area contributed by atoms with Crippen LogP contribution < -0.4 is 10.2 Å². The van der Waals surface area contributed by atoms with Gasteiger partial charge in [0.15, 0.2) is 0 Å². The minimum atomic E-state index is -4.48. The van der Waals surface area contributed by atoms with E-state index in [4.69, 9.17) is 24.2 Å². The summed E-state index contributed by atoms with van der Waals surface area (Å²) in [6.07, 6.45) is -2.86. The molecular formula is C24H25ClF3N5O2S. The molecule has 2 atom stereocenters. The van der Waals surface area contributed by atoms with Gasteiger partial charge in [-0.15, -0.1) is 0 Å². The quantitative estimate of drug-likeness (QED) is 0.457. The maximum absolute atomic E-state index is 12.9. The highest BCUT2D eigenvalue weighted by atomic mass is 35.5. The van der Waals surface area contributed by atoms with Crippen molar-refractivity contribution in [2.75, 3.05) is 31.1 Å². The number of nitrogens with one attached hydrogen (secondary N) is 1. The highest BCUT2D eigenvalue weighted by Crippen LogP contribution is 2.41. The maximum atomic E-state index is 12.9. The van der Waals surface area contributed by atoms with Gasteiger partial charge in [-0.1, -0.05) is 29.8 Å². The number of piperidine rings is 1. The highest BCUT2D eigenvalue weighted by Gasteiger charge is 2.40. The van der Waals surface area contributed by atoms with Crippen LogP contribution in [0.5, 0.6) is 0 Å². The Kier molecular flexibility index (Phi) is 6.92. The number of thiol groups is 1. The molecule has 5 rings (SSSR count). The summed E-state index contributed by atoms with van der Waals surface area (Å²) in [5, 5.41) is 2.19. The van der Waals surface area contributed by atoms with E-state index in [1.54, 1.807) is 0 Å². The van der Waals surface area contributed by atoms with Crippen LogP contribution in [0, 0.1) is 0 Å². The largest absolute Gasteiger partial charge is 0.417 e. The minimum absolute atomic E-state index is 0.00693. The second kappa shape index (κ2) is 9.85. The SMILES string of the molecule is O=C1CCC(N2Cc3c(CN4CCN(c5ncc(C(F)(F)F)cc5Cl)CC4)cccc3C2S)C(=O)N1. The molecule has 1 N–H and O–H groups in total. The number of carbonyl (C=O) groups is 2. The average molecular weight is 540 g/mol. The molecule has 12 heteroatoms. The zero-order valence-corrected chi connectivity index (χ0v) is 20.9. The lowest BCUT2D eigenvalue weighted by molar-refractivity contribution is -0.139. The highest BCUT2D eigenvalue weighted by molar-refractivity contribution is 7.80. The van der Waals surface area contributed by atoms with Crippen LogP contribution in [0.1, 0.15) is 40.5 Å². The van der Waals surface area contributed by atoms with Crippen molar-refractivity contribution in [3.05, 3.63) is 57.7 Å². The third kappa shape index (κ3) is 4.93. The van der Waals surface area contributed by atoms with Crippen LogP contribution in [0.4, 0.5) is 19.0 Å². The van der Waals surface area contributed by atoms with E-state index in [1.165, 1.54) is 0 Å². The molecule has 7 nitrogen and oxygen atoms in total. The van der Waals surface area contributed by atoms with E-state index in [9.17, 15) is 22.8 Å². The predicted octanol–water partition coefficient (Wildman–Crippen LogP) is 3.63. The van der Waals surface area contributed by atoms with E-state index in [-0.39, 0.29) is 22.2 Å². The van der Waals surface area contributed by atoms with Crippen LogP contribution in [0.2, 0.25) is 5.02 Å². The number of amides is 2. The number of alkyl halides is 3. The number of pyridine rings is 1. The normalized spacial score (nSPS) is 23.6. The number of aromatic nitrogens is 1. The Balaban J connectivity index is 1.24. The first-order valence-electron chi connectivity index (χ1n) is 11.7. The summed E-state index contributed by atoms with van der Waals surface area (Å²) in [7, 11) is 0. The zero-order chi connectivity index (χ0) is 25.6. The molecular weight excluding hydrogens is 515 g/mol. The summed E-state index contributed by atoms with van der Waals surface area (Å²) >= 11 is 10.9. The molecule has 0 saturated carbocycles. The Labute approximate surface area is 217 Å². The first-order chi connectivity index (χ1) is 17.1. The number of benzene rings is 1. The Morgan fingerprint density at radius 2 is 1.92 bits per heavy atom. The fraction of sp³-hybridized carbons (Fsp3) is 0.458. The number of anilines is 1. The van der Waals surface area contributed by atoms with Crippen molar-refractivity contribution in [3.8, 4) is 0 Å². The predicted molar refractivity (Wildman–Crippen MR) is 132 cm³/mol. The van der Waals surface area contributed by atoms with Gasteiger partial charge in [0.1, 0.15) is 5.82 Å². The number of hydrogen-bond donors (Lipinski definition) is 2. The van der Waals surface area contributed by atoms with E-state index in [0.29, 0.717) is 57.9 Å². The van der Waals surface area contributed by atoms with Gasteiger partial charge in [-0.3, -0.25) is 24.7 Å². The minimum Gasteiger partial charge on any atom is -0.353 e. The van der Waals surface area contributed by atoms with Crippen molar-refractivity contribution in [1.82, 2.24) is 20.1 Å². The Morgan fingerprint density at radius 1 is 1.17 bits per heavy atom. The molecule has 2 aromatic rings. The van der Waals surface area contributed by atoms with E-state index < -0.39 is 17.8 Å². The fourth-order valence-corrected chi connectivity index (χ4v) is 5.91. The molecule has 2 saturated heterocycles. The van der Waals surface area contributed by atoms with Gasteiger partial charge in [0.05, 0.1) is 22.0 Å². The number of piperazine rings is 1. The van der Waals surface area contributed by atoms with Crippen LogP contribution >= 0.6 is 24.2 Å². The second-order valence-corrected chi connectivity index (χ2v) is 10.2. The lowest BCUT2D eigenvalue weighted by atomic mass is 10.0. The van der Waals surface area contributed by atoms with Gasteiger partial charge in [-0.2, -0.15) is 25.8 Å². The number of hydrogen-bond acceptors (Lipinski definition) is 7. The smallest absolute Gasteiger partial charge is 0.353 e. The molecule has 192 valence electrons. The molecule has 2 fully saturated rings. The molecule has 0 spiro atoms. The molecule has 1 aromatic heterocycles. The molecule has 0 aliphatic carbocycles. The topological polar surface area (TPSA) is 68.8 Å². The van der Waals surface area contributed by atoms with Crippen LogP contribution in [-0.2, 0) is 28.9 Å². The van der Waals surface area contributed by atoms with Gasteiger partial charge in [-0.25, -0.2) is 4.98 Å². The van der Waals surface area contributed by atoms with Crippen molar-refractivity contribution in [1.29, 1.82) is 0 Å². The average Bonchev–Trinajstić information content (AvgIpc) is 3.16. The molecule has 2 amide bonds. The van der Waals surface area contributed by atoms with Crippen LogP contribution in [0.3, 0.4) is 0 Å². The molecule has 4 heterocycles. The van der Waals surface area contributed by atoms with Crippen LogP contribution in [-0.4, -0.2) is 58.8 Å². The van der Waals surface area contributed by atoms with Crippen LogP contribution in [0.25, 0.3) is 0 Å². The standard InChI is InChI=1S/C24H25ClF3N5O2S/c25-18-10-15(24(26,27)28)11-29-21(18)32-8-6-31(7-9-32)12-14-2-1-3-16-17(14)13-33(23(16)36)19-4-5-20(34)30-22(19)35/h1-3,10-11,19,23,36H,4-9,12-13H2,(H,30,34,35). The van der Waals surface area contributed by atoms with Crippen molar-refractivity contribution in [2.24, 2.45) is 0 Å². The first kappa shape index (κ1) is 25.3. The van der Waals surface area contributed by atoms with E-state index in [1.807, 2.05) is 21.9 Å². The van der Waals surface area contributed by atoms with E-state index >= 15 is 0 Å². The number of nitrogens with zero attached hydrogens (tertiary/aromatic N) is 4. The summed E-state index contributed by atoms with van der Waals surface area (Å²) in [6, 6.07) is 6.63. The van der Waals surface area contributed by atoms with E-state index in [0.717, 1.165) is 29.0 Å². The third-order valence-electron chi connectivity index (χ3n) is 7.07. The zero-order valence-electron chi connectivity index (χ0n) is 19.3. The molecule has 3 aliphatic rings. The summed E-state index contributed by atoms with van der Waals surface area (Å²) in [5.74, 6) is -0.148. The molecule has 0 radical (unpaired) electrons. The number of imide groups is 1. The fourth-order valence-electron chi connectivity index (χ4n) is 5.14. The van der Waals surface area contributed by atoms with Gasteiger partial charge < -0.3 is 4.90 Å². The van der Waals surface area contributed by atoms with Crippen LogP contribution in [0.15, 0.2) is 30.5 Å². The molecule has 0 bridgehead atoms. The summed E-state index contributed by atoms with van der Waals surface area (Å²) < 4.78 is 38.8. The van der Waals surface area contributed by atoms with E-state index in [2.05, 4.69) is 21.3 Å². The summed E-state index contributed by atoms with van der Waals surface area (Å²) in [5.41, 5.74) is 2.51. The second-order valence-electron chi connectivity index (χ2n) is 9.29. The summed E-state index contributed by atoms with van der Waals surface area (Å²) in [6.45, 7) is 3.86. The lowest BCUT2D eigenvalue weighted by Crippen LogP contribution is -2.51. The van der Waals surface area contributed by atoms with Gasteiger partial charge in [0, 0.05) is 51.9 Å². The van der Waals surface area contributed by atoms with Crippen molar-refractivity contribution in [3.63, 3.8) is 0 Å². The third-order valence-corrected chi connectivity index (χ3v) is 7.92. The molecule has 1 aromatic carbocycles. The van der Waals surface area contributed by atoms with Crippen molar-refractivity contribution < 1.29 is 22.8 Å². The number of fused-ring (bicyclic) bond motifs is 1. The Morgan fingerprint density at radius 3 is 2.58 bits per heavy atom. The number of halogens is 4. The monoisotopic (exact) mass is 539 g/mol. The molecule has 36 heavy (non-hydrogen) atoms. The van der Waals surface area contributed by atoms with Gasteiger partial charge in [-0.05, 0) is 29.2 Å². The Hall–Kier alpha value is -2.34. The molecule has 3 aliphatic heterocycles. The number of carbonyl (C=O) groups excluding carboxylic acids is 2. The van der Waals surface area contributed by atoms with Crippen molar-refractivity contribution in [2.45, 2.75) is 43.5 Å². The maximum Gasteiger partial charge on any atom is 0.417 e. The Bertz CT molecular complexity index is 1190. The van der Waals surface area contributed by atoms with Crippen molar-refractivity contribution >= 4 is 41.9 Å². The molecule has 2 unspecified atom stereocenters. The lowest BCUT2D eigenvalue weighted by Gasteiger charge is -2.36. The van der Waals surface area contributed by atoms with Gasteiger partial charge in [0.2, 0.25) is 11.8 Å². The van der Waals surface area contributed by atoms with Gasteiger partial charge in [0.25, 0.3) is 0 Å². The van der Waals surface area contributed by atoms with Gasteiger partial charge >= 0.3 is 6.18 Å².